The lowest BCUT2D eigenvalue weighted by Crippen LogP contribution is -2.40. The fourth-order valence-corrected chi connectivity index (χ4v) is 4.81. The Balaban J connectivity index is 1.81. The van der Waals surface area contributed by atoms with Crippen molar-refractivity contribution in [3.05, 3.63) is 64.2 Å². The van der Waals surface area contributed by atoms with Crippen molar-refractivity contribution in [1.82, 2.24) is 4.31 Å². The van der Waals surface area contributed by atoms with Gasteiger partial charge in [-0.15, -0.1) is 0 Å². The zero-order valence-corrected chi connectivity index (χ0v) is 17.1. The number of hydrogen-bond donors (Lipinski definition) is 0. The van der Waals surface area contributed by atoms with E-state index in [1.807, 2.05) is 0 Å². The molecule has 2 aromatic rings. The molecule has 30 heavy (non-hydrogen) atoms. The summed E-state index contributed by atoms with van der Waals surface area (Å²) < 4.78 is 76.2. The zero-order valence-electron chi connectivity index (χ0n) is 15.5. The maximum Gasteiger partial charge on any atom is 0.416 e. The highest BCUT2D eigenvalue weighted by Crippen LogP contribution is 2.32. The summed E-state index contributed by atoms with van der Waals surface area (Å²) in [6, 6.07) is 8.26. The number of halogens is 4. The van der Waals surface area contributed by atoms with Crippen LogP contribution < -0.4 is 0 Å². The number of benzene rings is 2. The lowest BCUT2D eigenvalue weighted by Gasteiger charge is -2.26. The molecular formula is C19H17ClF3NO5S. The molecule has 3 rings (SSSR count). The molecule has 0 unspecified atom stereocenters. The minimum Gasteiger partial charge on any atom is -0.457 e. The van der Waals surface area contributed by atoms with Crippen LogP contribution >= 0.6 is 11.6 Å². The average molecular weight is 464 g/mol. The number of rotatable bonds is 5. The third kappa shape index (κ3) is 4.94. The van der Waals surface area contributed by atoms with Gasteiger partial charge in [0.2, 0.25) is 10.0 Å². The molecule has 2 aromatic carbocycles. The van der Waals surface area contributed by atoms with Gasteiger partial charge in [0.15, 0.2) is 0 Å². The normalized spacial score (nSPS) is 15.7. The Bertz CT molecular complexity index is 1040. The van der Waals surface area contributed by atoms with Gasteiger partial charge < -0.3 is 9.47 Å². The summed E-state index contributed by atoms with van der Waals surface area (Å²) in [6.07, 6.45) is -4.59. The van der Waals surface area contributed by atoms with E-state index in [-0.39, 0.29) is 47.3 Å². The van der Waals surface area contributed by atoms with Gasteiger partial charge in [-0.25, -0.2) is 13.2 Å². The van der Waals surface area contributed by atoms with Crippen LogP contribution in [0, 0.1) is 0 Å². The van der Waals surface area contributed by atoms with E-state index in [1.54, 1.807) is 0 Å². The van der Waals surface area contributed by atoms with E-state index in [9.17, 15) is 26.4 Å². The van der Waals surface area contributed by atoms with Gasteiger partial charge in [-0.05, 0) is 24.3 Å². The second-order valence-electron chi connectivity index (χ2n) is 6.39. The van der Waals surface area contributed by atoms with E-state index in [2.05, 4.69) is 0 Å². The molecule has 0 N–H and O–H groups in total. The van der Waals surface area contributed by atoms with Crippen molar-refractivity contribution in [2.75, 3.05) is 26.3 Å². The van der Waals surface area contributed by atoms with Gasteiger partial charge in [-0.1, -0.05) is 29.8 Å². The largest absolute Gasteiger partial charge is 0.457 e. The van der Waals surface area contributed by atoms with Crippen LogP contribution in [0.2, 0.25) is 5.02 Å². The molecule has 6 nitrogen and oxygen atoms in total. The third-order valence-electron chi connectivity index (χ3n) is 4.44. The zero-order chi connectivity index (χ0) is 21.9. The van der Waals surface area contributed by atoms with Gasteiger partial charge >= 0.3 is 12.1 Å². The quantitative estimate of drug-likeness (QED) is 0.632. The minimum absolute atomic E-state index is 0.0829. The monoisotopic (exact) mass is 463 g/mol. The standard InChI is InChI=1S/C19H17ClF3NO5S/c20-16-6-5-13(11-17(16)30(26,27)24-7-9-28-10-8-24)18(25)29-12-14-3-1-2-4-15(14)19(21,22)23/h1-6,11H,7-10,12H2. The van der Waals surface area contributed by atoms with E-state index >= 15 is 0 Å². The number of alkyl halides is 3. The van der Waals surface area contributed by atoms with Gasteiger partial charge in [0, 0.05) is 18.7 Å². The Morgan fingerprint density at radius 3 is 2.47 bits per heavy atom. The molecule has 0 saturated carbocycles. The molecule has 162 valence electrons. The average Bonchev–Trinajstić information content (AvgIpc) is 2.72. The molecule has 0 radical (unpaired) electrons. The molecule has 0 atom stereocenters. The molecular weight excluding hydrogens is 447 g/mol. The molecule has 1 aliphatic heterocycles. The highest BCUT2D eigenvalue weighted by molar-refractivity contribution is 7.89. The fourth-order valence-electron chi connectivity index (χ4n) is 2.90. The molecule has 0 aliphatic carbocycles. The van der Waals surface area contributed by atoms with Crippen molar-refractivity contribution < 1.29 is 35.9 Å². The number of carbonyl (C=O) groups excluding carboxylic acids is 1. The first-order valence-electron chi connectivity index (χ1n) is 8.80. The lowest BCUT2D eigenvalue weighted by atomic mass is 10.1. The number of morpholine rings is 1. The van der Waals surface area contributed by atoms with Crippen LogP contribution in [0.5, 0.6) is 0 Å². The number of ether oxygens (including phenoxy) is 2. The summed E-state index contributed by atoms with van der Waals surface area (Å²) >= 11 is 6.03. The predicted molar refractivity (Wildman–Crippen MR) is 102 cm³/mol. The van der Waals surface area contributed by atoms with E-state index < -0.39 is 34.3 Å². The maximum absolute atomic E-state index is 13.1. The highest BCUT2D eigenvalue weighted by atomic mass is 35.5. The van der Waals surface area contributed by atoms with Gasteiger partial charge in [0.05, 0.1) is 29.4 Å². The first-order chi connectivity index (χ1) is 14.1. The summed E-state index contributed by atoms with van der Waals surface area (Å²) in [4.78, 5) is 12.1. The lowest BCUT2D eigenvalue weighted by molar-refractivity contribution is -0.138. The van der Waals surface area contributed by atoms with Gasteiger partial charge in [-0.3, -0.25) is 0 Å². The maximum atomic E-state index is 13.1. The molecule has 0 spiro atoms. The molecule has 1 aliphatic rings. The highest BCUT2D eigenvalue weighted by Gasteiger charge is 2.33. The third-order valence-corrected chi connectivity index (χ3v) is 6.82. The Morgan fingerprint density at radius 1 is 1.13 bits per heavy atom. The predicted octanol–water partition coefficient (Wildman–Crippen LogP) is 3.74. The van der Waals surface area contributed by atoms with Crippen LogP contribution in [0.1, 0.15) is 21.5 Å². The van der Waals surface area contributed by atoms with Crippen LogP contribution in [0.15, 0.2) is 47.4 Å². The van der Waals surface area contributed by atoms with E-state index in [0.29, 0.717) is 0 Å². The van der Waals surface area contributed by atoms with Crippen LogP contribution in [-0.2, 0) is 32.3 Å². The van der Waals surface area contributed by atoms with Crippen LogP contribution in [0.3, 0.4) is 0 Å². The molecule has 11 heteroatoms. The van der Waals surface area contributed by atoms with Gasteiger partial charge in [0.25, 0.3) is 0 Å². The minimum atomic E-state index is -4.59. The molecule has 1 heterocycles. The second kappa shape index (κ2) is 8.93. The van der Waals surface area contributed by atoms with E-state index in [0.717, 1.165) is 12.1 Å². The SMILES string of the molecule is O=C(OCc1ccccc1C(F)(F)F)c1ccc(Cl)c(S(=O)(=O)N2CCOCC2)c1. The Kier molecular flexibility index (Phi) is 6.71. The van der Waals surface area contributed by atoms with Crippen LogP contribution in [0.4, 0.5) is 13.2 Å². The van der Waals surface area contributed by atoms with Gasteiger partial charge in [-0.2, -0.15) is 17.5 Å². The van der Waals surface area contributed by atoms with Crippen molar-refractivity contribution in [2.45, 2.75) is 17.7 Å². The van der Waals surface area contributed by atoms with Crippen molar-refractivity contribution in [1.29, 1.82) is 0 Å². The van der Waals surface area contributed by atoms with Crippen LogP contribution in [0.25, 0.3) is 0 Å². The van der Waals surface area contributed by atoms with E-state index in [1.165, 1.54) is 34.6 Å². The van der Waals surface area contributed by atoms with Crippen molar-refractivity contribution >= 4 is 27.6 Å². The van der Waals surface area contributed by atoms with E-state index in [4.69, 9.17) is 21.1 Å². The first-order valence-corrected chi connectivity index (χ1v) is 10.6. The molecule has 0 amide bonds. The number of carbonyl (C=O) groups is 1. The number of sulfonamides is 1. The summed E-state index contributed by atoms with van der Waals surface area (Å²) in [5.74, 6) is -0.970. The molecule has 1 saturated heterocycles. The summed E-state index contributed by atoms with van der Waals surface area (Å²) in [6.45, 7) is 0.125. The fraction of sp³-hybridized carbons (Fsp3) is 0.316. The number of hydrogen-bond acceptors (Lipinski definition) is 5. The molecule has 0 bridgehead atoms. The second-order valence-corrected chi connectivity index (χ2v) is 8.71. The smallest absolute Gasteiger partial charge is 0.416 e. The Morgan fingerprint density at radius 2 is 1.80 bits per heavy atom. The number of esters is 1. The number of nitrogens with zero attached hydrogens (tertiary/aromatic N) is 1. The summed E-state index contributed by atoms with van der Waals surface area (Å²) in [5, 5.41) is -0.0829. The van der Waals surface area contributed by atoms with Crippen LogP contribution in [-0.4, -0.2) is 45.0 Å². The molecule has 1 fully saturated rings. The van der Waals surface area contributed by atoms with Gasteiger partial charge in [0.1, 0.15) is 11.5 Å². The summed E-state index contributed by atoms with van der Waals surface area (Å²) in [7, 11) is -3.98. The topological polar surface area (TPSA) is 72.9 Å². The first kappa shape index (κ1) is 22.5. The van der Waals surface area contributed by atoms with Crippen molar-refractivity contribution in [3.8, 4) is 0 Å². The molecule has 0 aromatic heterocycles. The Hall–Kier alpha value is -2.14. The Labute approximate surface area is 176 Å². The van der Waals surface area contributed by atoms with Crippen molar-refractivity contribution in [2.24, 2.45) is 0 Å². The van der Waals surface area contributed by atoms with Crippen molar-refractivity contribution in [3.63, 3.8) is 0 Å². The summed E-state index contributed by atoms with van der Waals surface area (Å²) in [5.41, 5.74) is -1.27.